The van der Waals surface area contributed by atoms with Crippen molar-refractivity contribution in [1.82, 2.24) is 0 Å². The average molecular weight is 265 g/mol. The largest absolute Gasteiger partial charge is 0.392 e. The van der Waals surface area contributed by atoms with Crippen LogP contribution in [0.1, 0.15) is 11.1 Å². The summed E-state index contributed by atoms with van der Waals surface area (Å²) in [5, 5.41) is 9.83. The van der Waals surface area contributed by atoms with Gasteiger partial charge in [-0.1, -0.05) is 35.9 Å². The van der Waals surface area contributed by atoms with E-state index < -0.39 is 0 Å². The van der Waals surface area contributed by atoms with Crippen molar-refractivity contribution in [2.45, 2.75) is 17.3 Å². The molecule has 2 aromatic rings. The molecular weight excluding hydrogens is 252 g/mol. The van der Waals surface area contributed by atoms with E-state index >= 15 is 0 Å². The van der Waals surface area contributed by atoms with Crippen LogP contribution in [0.15, 0.2) is 53.4 Å². The van der Waals surface area contributed by atoms with Gasteiger partial charge >= 0.3 is 0 Å². The van der Waals surface area contributed by atoms with E-state index in [9.17, 15) is 0 Å². The van der Waals surface area contributed by atoms with Crippen molar-refractivity contribution in [3.8, 4) is 0 Å². The Morgan fingerprint density at radius 1 is 1.00 bits per heavy atom. The third-order valence-electron chi connectivity index (χ3n) is 2.38. The fraction of sp³-hybridized carbons (Fsp3) is 0.143. The van der Waals surface area contributed by atoms with Gasteiger partial charge in [0.1, 0.15) is 0 Å². The second-order valence-electron chi connectivity index (χ2n) is 3.72. The highest BCUT2D eigenvalue weighted by Crippen LogP contribution is 2.24. The van der Waals surface area contributed by atoms with Gasteiger partial charge in [-0.25, -0.2) is 0 Å². The number of hydrogen-bond donors (Lipinski definition) is 1. The van der Waals surface area contributed by atoms with Crippen molar-refractivity contribution in [3.63, 3.8) is 0 Å². The van der Waals surface area contributed by atoms with E-state index in [2.05, 4.69) is 6.07 Å². The molecule has 0 unspecified atom stereocenters. The molecule has 1 N–H and O–H groups in total. The first-order chi connectivity index (χ1) is 8.28. The summed E-state index contributed by atoms with van der Waals surface area (Å²) in [6, 6.07) is 15.8. The molecule has 0 fully saturated rings. The summed E-state index contributed by atoms with van der Waals surface area (Å²) < 4.78 is 0. The van der Waals surface area contributed by atoms with Crippen molar-refractivity contribution < 1.29 is 5.11 Å². The SMILES string of the molecule is OCc1cccc(SCc2cccc(Cl)c2)c1. The molecule has 0 radical (unpaired) electrons. The molecule has 2 rings (SSSR count). The molecule has 88 valence electrons. The summed E-state index contributed by atoms with van der Waals surface area (Å²) in [6.07, 6.45) is 0. The lowest BCUT2D eigenvalue weighted by Crippen LogP contribution is -1.84. The number of rotatable bonds is 4. The molecule has 1 nitrogen and oxygen atoms in total. The first-order valence-corrected chi connectivity index (χ1v) is 6.71. The molecule has 0 atom stereocenters. The molecule has 0 saturated carbocycles. The zero-order chi connectivity index (χ0) is 12.1. The average Bonchev–Trinajstić information content (AvgIpc) is 2.37. The quantitative estimate of drug-likeness (QED) is 0.838. The zero-order valence-corrected chi connectivity index (χ0v) is 10.8. The van der Waals surface area contributed by atoms with Gasteiger partial charge in [-0.3, -0.25) is 0 Å². The third kappa shape index (κ3) is 3.77. The molecule has 2 aromatic carbocycles. The van der Waals surface area contributed by atoms with Gasteiger partial charge in [0.15, 0.2) is 0 Å². The molecule has 0 aliphatic heterocycles. The van der Waals surface area contributed by atoms with E-state index in [0.717, 1.165) is 21.2 Å². The molecular formula is C14H13ClOS. The molecule has 0 spiro atoms. The number of aliphatic hydroxyl groups excluding tert-OH is 1. The first kappa shape index (κ1) is 12.5. The number of aliphatic hydroxyl groups is 1. The molecule has 0 aromatic heterocycles. The molecule has 17 heavy (non-hydrogen) atoms. The minimum Gasteiger partial charge on any atom is -0.392 e. The van der Waals surface area contributed by atoms with E-state index in [1.807, 2.05) is 42.5 Å². The maximum absolute atomic E-state index is 9.06. The van der Waals surface area contributed by atoms with Gasteiger partial charge in [0.05, 0.1) is 6.61 Å². The van der Waals surface area contributed by atoms with Crippen LogP contribution in [-0.4, -0.2) is 5.11 Å². The highest BCUT2D eigenvalue weighted by atomic mass is 35.5. The van der Waals surface area contributed by atoms with Gasteiger partial charge in [-0.2, -0.15) is 0 Å². The second-order valence-corrected chi connectivity index (χ2v) is 5.21. The van der Waals surface area contributed by atoms with Crippen molar-refractivity contribution in [2.75, 3.05) is 0 Å². The zero-order valence-electron chi connectivity index (χ0n) is 9.27. The Bertz CT molecular complexity index is 499. The molecule has 0 aliphatic rings. The normalized spacial score (nSPS) is 10.5. The number of thioether (sulfide) groups is 1. The van der Waals surface area contributed by atoms with Gasteiger partial charge in [-0.15, -0.1) is 11.8 Å². The lowest BCUT2D eigenvalue weighted by molar-refractivity contribution is 0.281. The third-order valence-corrected chi connectivity index (χ3v) is 3.68. The summed E-state index contributed by atoms with van der Waals surface area (Å²) in [7, 11) is 0. The van der Waals surface area contributed by atoms with Gasteiger partial charge in [0.25, 0.3) is 0 Å². The van der Waals surface area contributed by atoms with Crippen LogP contribution in [0.5, 0.6) is 0 Å². The van der Waals surface area contributed by atoms with Gasteiger partial charge in [0.2, 0.25) is 0 Å². The number of benzene rings is 2. The standard InChI is InChI=1S/C14H13ClOS/c15-13-5-1-4-12(7-13)10-17-14-6-2-3-11(8-14)9-16/h1-8,16H,9-10H2. The Morgan fingerprint density at radius 2 is 1.76 bits per heavy atom. The fourth-order valence-electron chi connectivity index (χ4n) is 1.53. The van der Waals surface area contributed by atoms with E-state index in [-0.39, 0.29) is 6.61 Å². The summed E-state index contributed by atoms with van der Waals surface area (Å²) in [5.41, 5.74) is 2.15. The minimum absolute atomic E-state index is 0.0889. The smallest absolute Gasteiger partial charge is 0.0682 e. The molecule has 0 bridgehead atoms. The van der Waals surface area contributed by atoms with Gasteiger partial charge in [-0.05, 0) is 35.4 Å². The highest BCUT2D eigenvalue weighted by molar-refractivity contribution is 7.98. The topological polar surface area (TPSA) is 20.2 Å². The van der Waals surface area contributed by atoms with Crippen LogP contribution in [-0.2, 0) is 12.4 Å². The van der Waals surface area contributed by atoms with E-state index in [0.29, 0.717) is 0 Å². The number of hydrogen-bond acceptors (Lipinski definition) is 2. The predicted octanol–water partition coefficient (Wildman–Crippen LogP) is 4.12. The monoisotopic (exact) mass is 264 g/mol. The maximum atomic E-state index is 9.06. The summed E-state index contributed by atoms with van der Waals surface area (Å²) in [6.45, 7) is 0.0889. The maximum Gasteiger partial charge on any atom is 0.0682 e. The Hall–Kier alpha value is -0.960. The van der Waals surface area contributed by atoms with Crippen LogP contribution in [0.3, 0.4) is 0 Å². The summed E-state index contributed by atoms with van der Waals surface area (Å²) in [5.74, 6) is 0.884. The van der Waals surface area contributed by atoms with E-state index in [1.165, 1.54) is 5.56 Å². The summed E-state index contributed by atoms with van der Waals surface area (Å²) >= 11 is 7.67. The van der Waals surface area contributed by atoms with Crippen LogP contribution < -0.4 is 0 Å². The first-order valence-electron chi connectivity index (χ1n) is 5.35. The van der Waals surface area contributed by atoms with Crippen molar-refractivity contribution >= 4 is 23.4 Å². The number of halogens is 1. The van der Waals surface area contributed by atoms with E-state index in [4.69, 9.17) is 16.7 Å². The van der Waals surface area contributed by atoms with Crippen LogP contribution in [0.25, 0.3) is 0 Å². The Labute approximate surface area is 110 Å². The molecule has 0 heterocycles. The lowest BCUT2D eigenvalue weighted by Gasteiger charge is -2.04. The Balaban J connectivity index is 2.02. The lowest BCUT2D eigenvalue weighted by atomic mass is 10.2. The minimum atomic E-state index is 0.0889. The van der Waals surface area contributed by atoms with Crippen LogP contribution in [0.4, 0.5) is 0 Å². The fourth-order valence-corrected chi connectivity index (χ4v) is 2.66. The Morgan fingerprint density at radius 3 is 2.53 bits per heavy atom. The molecule has 0 saturated heterocycles. The van der Waals surface area contributed by atoms with Crippen LogP contribution >= 0.6 is 23.4 Å². The Kier molecular flexibility index (Phi) is 4.49. The van der Waals surface area contributed by atoms with E-state index in [1.54, 1.807) is 11.8 Å². The molecule has 3 heteroatoms. The predicted molar refractivity (Wildman–Crippen MR) is 73.4 cm³/mol. The second kappa shape index (κ2) is 6.10. The molecule has 0 amide bonds. The molecule has 0 aliphatic carbocycles. The van der Waals surface area contributed by atoms with Crippen molar-refractivity contribution in [2.24, 2.45) is 0 Å². The van der Waals surface area contributed by atoms with Crippen LogP contribution in [0, 0.1) is 0 Å². The van der Waals surface area contributed by atoms with Gasteiger partial charge in [0, 0.05) is 15.7 Å². The highest BCUT2D eigenvalue weighted by Gasteiger charge is 1.98. The summed E-state index contributed by atoms with van der Waals surface area (Å²) in [4.78, 5) is 1.16. The van der Waals surface area contributed by atoms with Crippen molar-refractivity contribution in [1.29, 1.82) is 0 Å². The van der Waals surface area contributed by atoms with Crippen molar-refractivity contribution in [3.05, 3.63) is 64.7 Å². The van der Waals surface area contributed by atoms with Crippen LogP contribution in [0.2, 0.25) is 5.02 Å². The van der Waals surface area contributed by atoms with Gasteiger partial charge < -0.3 is 5.11 Å².